The van der Waals surface area contributed by atoms with Gasteiger partial charge < -0.3 is 10.5 Å². The van der Waals surface area contributed by atoms with Crippen LogP contribution < -0.4 is 10.5 Å². The number of ether oxygens (including phenoxy) is 1. The van der Waals surface area contributed by atoms with Crippen LogP contribution in [0.25, 0.3) is 0 Å². The molecule has 0 fully saturated rings. The summed E-state index contributed by atoms with van der Waals surface area (Å²) >= 11 is 0. The van der Waals surface area contributed by atoms with Gasteiger partial charge in [-0.15, -0.1) is 17.0 Å². The zero-order valence-corrected chi connectivity index (χ0v) is 17.6. The summed E-state index contributed by atoms with van der Waals surface area (Å²) in [5.41, 5.74) is 6.00. The molecule has 1 aromatic carbocycles. The third-order valence-electron chi connectivity index (χ3n) is 4.42. The van der Waals surface area contributed by atoms with Gasteiger partial charge in [0.2, 0.25) is 0 Å². The van der Waals surface area contributed by atoms with Crippen LogP contribution in [0.15, 0.2) is 30.3 Å². The Kier molecular flexibility index (Phi) is 13.4. The smallest absolute Gasteiger partial charge is 0.119 e. The molecule has 2 N–H and O–H groups in total. The van der Waals surface area contributed by atoms with Crippen LogP contribution in [-0.2, 0) is 0 Å². The van der Waals surface area contributed by atoms with Gasteiger partial charge in [-0.1, -0.05) is 76.5 Å². The maximum Gasteiger partial charge on any atom is 0.119 e. The molecule has 0 aliphatic rings. The standard InChI is InChI=1S/C21H37NO.BrH/c1-4-5-6-7-8-9-10-11-15-18-20(21(2,3)22)23-19-16-13-12-14-17-19;/h12-14,16-17,20H,4-11,15,18,22H2,1-3H3;1H. The first-order valence-electron chi connectivity index (χ1n) is 9.54. The summed E-state index contributed by atoms with van der Waals surface area (Å²) < 4.78 is 6.13. The summed E-state index contributed by atoms with van der Waals surface area (Å²) in [6.45, 7) is 6.40. The molecule has 2 nitrogen and oxygen atoms in total. The first-order valence-corrected chi connectivity index (χ1v) is 9.54. The van der Waals surface area contributed by atoms with E-state index in [1.54, 1.807) is 0 Å². The molecule has 1 atom stereocenters. The fourth-order valence-electron chi connectivity index (χ4n) is 2.89. The molecule has 0 saturated carbocycles. The predicted molar refractivity (Wildman–Crippen MR) is 111 cm³/mol. The van der Waals surface area contributed by atoms with Crippen LogP contribution in [0.1, 0.15) is 85.0 Å². The second-order valence-corrected chi connectivity index (χ2v) is 7.36. The number of hydrogen-bond acceptors (Lipinski definition) is 2. The van der Waals surface area contributed by atoms with Gasteiger partial charge >= 0.3 is 0 Å². The maximum absolute atomic E-state index is 6.31. The molecule has 24 heavy (non-hydrogen) atoms. The van der Waals surface area contributed by atoms with Crippen molar-refractivity contribution in [1.29, 1.82) is 0 Å². The number of hydrogen-bond donors (Lipinski definition) is 1. The molecule has 0 radical (unpaired) electrons. The number of para-hydroxylation sites is 1. The molecule has 1 unspecified atom stereocenters. The Balaban J connectivity index is 0.00000529. The van der Waals surface area contributed by atoms with Gasteiger partial charge in [-0.25, -0.2) is 0 Å². The van der Waals surface area contributed by atoms with Gasteiger partial charge in [0.1, 0.15) is 11.9 Å². The molecule has 0 heterocycles. The predicted octanol–water partition coefficient (Wildman–Crippen LogP) is 6.67. The Hall–Kier alpha value is -0.540. The van der Waals surface area contributed by atoms with Crippen molar-refractivity contribution in [3.05, 3.63) is 30.3 Å². The van der Waals surface area contributed by atoms with Gasteiger partial charge in [-0.2, -0.15) is 0 Å². The van der Waals surface area contributed by atoms with E-state index >= 15 is 0 Å². The minimum absolute atomic E-state index is 0. The lowest BCUT2D eigenvalue weighted by molar-refractivity contribution is 0.117. The minimum Gasteiger partial charge on any atom is -0.489 e. The van der Waals surface area contributed by atoms with E-state index in [1.807, 2.05) is 30.3 Å². The van der Waals surface area contributed by atoms with E-state index in [-0.39, 0.29) is 28.6 Å². The number of benzene rings is 1. The molecular formula is C21H38BrNO. The average Bonchev–Trinajstić information content (AvgIpc) is 2.52. The summed E-state index contributed by atoms with van der Waals surface area (Å²) in [4.78, 5) is 0. The fourth-order valence-corrected chi connectivity index (χ4v) is 2.89. The molecule has 0 aliphatic heterocycles. The van der Waals surface area contributed by atoms with Gasteiger partial charge in [0.15, 0.2) is 0 Å². The van der Waals surface area contributed by atoms with Gasteiger partial charge in [-0.05, 0) is 38.8 Å². The molecule has 0 bridgehead atoms. The third-order valence-corrected chi connectivity index (χ3v) is 4.42. The average molecular weight is 400 g/mol. The van der Waals surface area contributed by atoms with E-state index < -0.39 is 0 Å². The molecule has 0 amide bonds. The van der Waals surface area contributed by atoms with Crippen molar-refractivity contribution in [3.63, 3.8) is 0 Å². The highest BCUT2D eigenvalue weighted by Crippen LogP contribution is 2.21. The molecule has 0 aromatic heterocycles. The molecule has 0 spiro atoms. The van der Waals surface area contributed by atoms with Crippen molar-refractivity contribution >= 4 is 17.0 Å². The Morgan fingerprint density at radius 1 is 0.875 bits per heavy atom. The van der Waals surface area contributed by atoms with Crippen molar-refractivity contribution < 1.29 is 4.74 Å². The van der Waals surface area contributed by atoms with E-state index in [1.165, 1.54) is 57.8 Å². The summed E-state index contributed by atoms with van der Waals surface area (Å²) in [7, 11) is 0. The summed E-state index contributed by atoms with van der Waals surface area (Å²) in [6.07, 6.45) is 13.3. The van der Waals surface area contributed by atoms with Gasteiger partial charge in [0.05, 0.1) is 0 Å². The zero-order valence-electron chi connectivity index (χ0n) is 15.9. The first-order chi connectivity index (χ1) is 11.0. The lowest BCUT2D eigenvalue weighted by Crippen LogP contribution is -2.48. The van der Waals surface area contributed by atoms with Gasteiger partial charge in [0.25, 0.3) is 0 Å². The quantitative estimate of drug-likeness (QED) is 0.375. The highest BCUT2D eigenvalue weighted by molar-refractivity contribution is 8.93. The lowest BCUT2D eigenvalue weighted by atomic mass is 9.93. The molecule has 3 heteroatoms. The second kappa shape index (κ2) is 13.7. The van der Waals surface area contributed by atoms with Crippen molar-refractivity contribution in [2.45, 2.75) is 96.6 Å². The van der Waals surface area contributed by atoms with Crippen LogP contribution in [0.5, 0.6) is 5.75 Å². The maximum atomic E-state index is 6.31. The summed E-state index contributed by atoms with van der Waals surface area (Å²) in [5, 5.41) is 0. The number of unbranched alkanes of at least 4 members (excludes halogenated alkanes) is 8. The molecule has 140 valence electrons. The minimum atomic E-state index is -0.310. The largest absolute Gasteiger partial charge is 0.489 e. The van der Waals surface area contributed by atoms with Gasteiger partial charge in [-0.3, -0.25) is 0 Å². The zero-order chi connectivity index (χ0) is 17.0. The van der Waals surface area contributed by atoms with E-state index in [9.17, 15) is 0 Å². The van der Waals surface area contributed by atoms with Crippen LogP contribution in [0.3, 0.4) is 0 Å². The summed E-state index contributed by atoms with van der Waals surface area (Å²) in [6, 6.07) is 10.0. The Bertz CT molecular complexity index is 389. The monoisotopic (exact) mass is 399 g/mol. The SMILES string of the molecule is Br.CCCCCCCCCCCC(Oc1ccccc1)C(C)(C)N. The van der Waals surface area contributed by atoms with Crippen LogP contribution in [0.2, 0.25) is 0 Å². The summed E-state index contributed by atoms with van der Waals surface area (Å²) in [5.74, 6) is 0.923. The van der Waals surface area contributed by atoms with Crippen LogP contribution in [0.4, 0.5) is 0 Å². The number of halogens is 1. The van der Waals surface area contributed by atoms with Crippen LogP contribution >= 0.6 is 17.0 Å². The molecule has 1 aromatic rings. The van der Waals surface area contributed by atoms with E-state index in [0.717, 1.165) is 12.2 Å². The van der Waals surface area contributed by atoms with E-state index in [2.05, 4.69) is 20.8 Å². The first kappa shape index (κ1) is 23.5. The fraction of sp³-hybridized carbons (Fsp3) is 0.714. The Morgan fingerprint density at radius 3 is 1.88 bits per heavy atom. The van der Waals surface area contributed by atoms with Crippen molar-refractivity contribution in [2.24, 2.45) is 5.73 Å². The Labute approximate surface area is 160 Å². The third kappa shape index (κ3) is 11.1. The highest BCUT2D eigenvalue weighted by Gasteiger charge is 2.26. The van der Waals surface area contributed by atoms with Crippen molar-refractivity contribution in [1.82, 2.24) is 0 Å². The second-order valence-electron chi connectivity index (χ2n) is 7.36. The van der Waals surface area contributed by atoms with E-state index in [0.29, 0.717) is 0 Å². The topological polar surface area (TPSA) is 35.2 Å². The number of rotatable bonds is 13. The van der Waals surface area contributed by atoms with Crippen molar-refractivity contribution in [2.75, 3.05) is 0 Å². The molecule has 0 saturated heterocycles. The number of nitrogens with two attached hydrogens (primary N) is 1. The van der Waals surface area contributed by atoms with Crippen LogP contribution in [-0.4, -0.2) is 11.6 Å². The highest BCUT2D eigenvalue weighted by atomic mass is 79.9. The lowest BCUT2D eigenvalue weighted by Gasteiger charge is -2.31. The molecule has 1 rings (SSSR count). The van der Waals surface area contributed by atoms with Gasteiger partial charge in [0, 0.05) is 5.54 Å². The van der Waals surface area contributed by atoms with Crippen LogP contribution in [0, 0.1) is 0 Å². The normalized spacial score (nSPS) is 12.5. The molecular weight excluding hydrogens is 362 g/mol. The van der Waals surface area contributed by atoms with Crippen molar-refractivity contribution in [3.8, 4) is 5.75 Å². The molecule has 0 aliphatic carbocycles. The Morgan fingerprint density at radius 2 is 1.38 bits per heavy atom. The van der Waals surface area contributed by atoms with E-state index in [4.69, 9.17) is 10.5 Å².